The number of sulfonamides is 1. The molecule has 2 aromatic carbocycles. The van der Waals surface area contributed by atoms with Crippen LogP contribution in [-0.2, 0) is 21.4 Å². The summed E-state index contributed by atoms with van der Waals surface area (Å²) in [6.07, 6.45) is 2.06. The zero-order valence-corrected chi connectivity index (χ0v) is 19.5. The number of nitrogens with zero attached hydrogens (tertiary/aromatic N) is 2. The van der Waals surface area contributed by atoms with Crippen molar-refractivity contribution in [3.05, 3.63) is 54.7 Å². The molecule has 172 valence electrons. The molecule has 1 amide bonds. The van der Waals surface area contributed by atoms with Crippen LogP contribution in [0.2, 0.25) is 0 Å². The van der Waals surface area contributed by atoms with Crippen LogP contribution in [0.15, 0.2) is 59.6 Å². The summed E-state index contributed by atoms with van der Waals surface area (Å²) in [7, 11) is 0.389. The number of likely N-dealkylation sites (N-methyl/N-ethyl adjacent to an activating group) is 1. The van der Waals surface area contributed by atoms with Crippen molar-refractivity contribution in [2.24, 2.45) is 0 Å². The molecule has 0 saturated carbocycles. The summed E-state index contributed by atoms with van der Waals surface area (Å²) in [6.45, 7) is 4.20. The number of carbonyl (C=O) groups excluding carboxylic acids is 1. The van der Waals surface area contributed by atoms with E-state index in [1.54, 1.807) is 12.1 Å². The van der Waals surface area contributed by atoms with Crippen molar-refractivity contribution in [1.82, 2.24) is 14.2 Å². The Kier molecular flexibility index (Phi) is 7.89. The number of nitrogens with one attached hydrogen (secondary N) is 2. The molecule has 0 saturated heterocycles. The lowest BCUT2D eigenvalue weighted by atomic mass is 10.2. The molecule has 3 rings (SSSR count). The smallest absolute Gasteiger partial charge is 0.240 e. The van der Waals surface area contributed by atoms with Gasteiger partial charge in [0.2, 0.25) is 15.9 Å². The minimum absolute atomic E-state index is 0.00450. The third-order valence-corrected chi connectivity index (χ3v) is 6.41. The van der Waals surface area contributed by atoms with Gasteiger partial charge in [-0.2, -0.15) is 0 Å². The van der Waals surface area contributed by atoms with Gasteiger partial charge in [-0.25, -0.2) is 13.1 Å². The van der Waals surface area contributed by atoms with Crippen LogP contribution in [0.25, 0.3) is 10.9 Å². The van der Waals surface area contributed by atoms with E-state index >= 15 is 0 Å². The number of anilines is 1. The molecule has 8 nitrogen and oxygen atoms in total. The molecule has 0 atom stereocenters. The minimum Gasteiger partial charge on any atom is -0.494 e. The van der Waals surface area contributed by atoms with Crippen LogP contribution in [0.5, 0.6) is 5.75 Å². The maximum Gasteiger partial charge on any atom is 0.240 e. The van der Waals surface area contributed by atoms with Crippen LogP contribution in [0.3, 0.4) is 0 Å². The monoisotopic (exact) mass is 458 g/mol. The Balaban J connectivity index is 1.52. The first-order valence-electron chi connectivity index (χ1n) is 10.5. The lowest BCUT2D eigenvalue weighted by Gasteiger charge is -2.11. The fourth-order valence-electron chi connectivity index (χ4n) is 3.27. The Morgan fingerprint density at radius 2 is 1.84 bits per heavy atom. The van der Waals surface area contributed by atoms with Gasteiger partial charge in [0.1, 0.15) is 5.75 Å². The highest BCUT2D eigenvalue weighted by Crippen LogP contribution is 2.21. The van der Waals surface area contributed by atoms with Gasteiger partial charge in [-0.1, -0.05) is 0 Å². The lowest BCUT2D eigenvalue weighted by molar-refractivity contribution is -0.116. The molecule has 0 fully saturated rings. The normalized spacial score (nSPS) is 11.8. The van der Waals surface area contributed by atoms with E-state index in [4.69, 9.17) is 4.74 Å². The number of fused-ring (bicyclic) bond motifs is 1. The maximum atomic E-state index is 12.4. The van der Waals surface area contributed by atoms with Crippen molar-refractivity contribution >= 4 is 32.5 Å². The van der Waals surface area contributed by atoms with E-state index in [1.807, 2.05) is 51.5 Å². The van der Waals surface area contributed by atoms with E-state index in [0.29, 0.717) is 18.0 Å². The zero-order valence-electron chi connectivity index (χ0n) is 18.7. The largest absolute Gasteiger partial charge is 0.494 e. The van der Waals surface area contributed by atoms with Gasteiger partial charge in [-0.05, 0) is 69.6 Å². The summed E-state index contributed by atoms with van der Waals surface area (Å²) in [5.74, 6) is 0.349. The Hall–Kier alpha value is -2.88. The minimum atomic E-state index is -3.69. The summed E-state index contributed by atoms with van der Waals surface area (Å²) in [4.78, 5) is 14.6. The highest BCUT2D eigenvalue weighted by molar-refractivity contribution is 7.89. The summed E-state index contributed by atoms with van der Waals surface area (Å²) >= 11 is 0. The van der Waals surface area contributed by atoms with E-state index in [-0.39, 0.29) is 23.8 Å². The maximum absolute atomic E-state index is 12.4. The first-order valence-corrected chi connectivity index (χ1v) is 12.0. The second kappa shape index (κ2) is 10.6. The first kappa shape index (κ1) is 23.8. The molecular formula is C23H30N4O4S. The fraction of sp³-hybridized carbons (Fsp3) is 0.348. The number of carbonyl (C=O) groups is 1. The molecule has 1 aromatic heterocycles. The number of benzene rings is 2. The third kappa shape index (κ3) is 6.32. The van der Waals surface area contributed by atoms with Crippen LogP contribution in [0, 0.1) is 0 Å². The molecule has 0 spiro atoms. The highest BCUT2D eigenvalue weighted by atomic mass is 32.2. The van der Waals surface area contributed by atoms with Gasteiger partial charge in [0.25, 0.3) is 0 Å². The van der Waals surface area contributed by atoms with Gasteiger partial charge in [-0.3, -0.25) is 4.79 Å². The zero-order chi connectivity index (χ0) is 23.1. The Morgan fingerprint density at radius 1 is 1.09 bits per heavy atom. The number of ether oxygens (including phenoxy) is 1. The van der Waals surface area contributed by atoms with Crippen LogP contribution >= 0.6 is 0 Å². The molecule has 0 radical (unpaired) electrons. The van der Waals surface area contributed by atoms with Crippen LogP contribution in [-0.4, -0.2) is 57.6 Å². The SMILES string of the molecule is CCOc1ccc(S(=O)(=O)NCCC(=O)Nc2ccc3c(ccn3CCN(C)C)c2)cc1. The predicted octanol–water partition coefficient (Wildman–Crippen LogP) is 2.91. The van der Waals surface area contributed by atoms with Gasteiger partial charge >= 0.3 is 0 Å². The molecule has 3 aromatic rings. The number of amides is 1. The van der Waals surface area contributed by atoms with E-state index in [1.165, 1.54) is 12.1 Å². The van der Waals surface area contributed by atoms with Gasteiger partial charge in [0, 0.05) is 48.8 Å². The molecule has 0 aliphatic rings. The van der Waals surface area contributed by atoms with E-state index in [0.717, 1.165) is 24.0 Å². The van der Waals surface area contributed by atoms with Gasteiger partial charge in [-0.15, -0.1) is 0 Å². The molecule has 9 heteroatoms. The molecule has 0 aliphatic heterocycles. The topological polar surface area (TPSA) is 92.7 Å². The molecule has 2 N–H and O–H groups in total. The second-order valence-corrected chi connectivity index (χ2v) is 9.45. The predicted molar refractivity (Wildman–Crippen MR) is 127 cm³/mol. The summed E-state index contributed by atoms with van der Waals surface area (Å²) < 4.78 is 34.8. The van der Waals surface area contributed by atoms with Crippen LogP contribution in [0.1, 0.15) is 13.3 Å². The second-order valence-electron chi connectivity index (χ2n) is 7.69. The number of aromatic nitrogens is 1. The molecule has 0 unspecified atom stereocenters. The molecule has 32 heavy (non-hydrogen) atoms. The standard InChI is InChI=1S/C23H30N4O4S/c1-4-31-20-6-8-21(9-7-20)32(29,30)24-13-11-23(28)25-19-5-10-22-18(17-19)12-14-27(22)16-15-26(2)3/h5-10,12,14,17,24H,4,11,13,15-16H2,1-3H3,(H,25,28). The number of hydrogen-bond acceptors (Lipinski definition) is 5. The van der Waals surface area contributed by atoms with Crippen LogP contribution in [0.4, 0.5) is 5.69 Å². The first-order chi connectivity index (χ1) is 15.3. The van der Waals surface area contributed by atoms with E-state index in [2.05, 4.69) is 19.5 Å². The Labute approximate surface area is 189 Å². The van der Waals surface area contributed by atoms with Crippen molar-refractivity contribution in [1.29, 1.82) is 0 Å². The third-order valence-electron chi connectivity index (χ3n) is 4.93. The number of rotatable bonds is 11. The molecule has 0 aliphatic carbocycles. The number of hydrogen-bond donors (Lipinski definition) is 2. The molecule has 0 bridgehead atoms. The average Bonchev–Trinajstić information content (AvgIpc) is 3.15. The summed E-state index contributed by atoms with van der Waals surface area (Å²) in [6, 6.07) is 13.9. The van der Waals surface area contributed by atoms with Crippen molar-refractivity contribution in [3.8, 4) is 5.75 Å². The average molecular weight is 459 g/mol. The Morgan fingerprint density at radius 3 is 2.53 bits per heavy atom. The lowest BCUT2D eigenvalue weighted by Crippen LogP contribution is -2.27. The molecule has 1 heterocycles. The van der Waals surface area contributed by atoms with Crippen molar-refractivity contribution in [3.63, 3.8) is 0 Å². The van der Waals surface area contributed by atoms with Gasteiger partial charge in [0.05, 0.1) is 11.5 Å². The van der Waals surface area contributed by atoms with E-state index in [9.17, 15) is 13.2 Å². The quantitative estimate of drug-likeness (QED) is 0.461. The van der Waals surface area contributed by atoms with Crippen molar-refractivity contribution in [2.75, 3.05) is 39.1 Å². The fourth-order valence-corrected chi connectivity index (χ4v) is 4.30. The summed E-state index contributed by atoms with van der Waals surface area (Å²) in [5, 5.41) is 3.87. The van der Waals surface area contributed by atoms with Gasteiger partial charge < -0.3 is 19.5 Å². The Bertz CT molecular complexity index is 1150. The molecular weight excluding hydrogens is 428 g/mol. The van der Waals surface area contributed by atoms with E-state index < -0.39 is 10.0 Å². The van der Waals surface area contributed by atoms with Gasteiger partial charge in [0.15, 0.2) is 0 Å². The van der Waals surface area contributed by atoms with Crippen molar-refractivity contribution < 1.29 is 17.9 Å². The van der Waals surface area contributed by atoms with Crippen LogP contribution < -0.4 is 14.8 Å². The highest BCUT2D eigenvalue weighted by Gasteiger charge is 2.14. The summed E-state index contributed by atoms with van der Waals surface area (Å²) in [5.41, 5.74) is 1.79. The van der Waals surface area contributed by atoms with Crippen molar-refractivity contribution in [2.45, 2.75) is 24.8 Å².